The Morgan fingerprint density at radius 1 is 1.33 bits per heavy atom. The lowest BCUT2D eigenvalue weighted by Gasteiger charge is -2.12. The summed E-state index contributed by atoms with van der Waals surface area (Å²) in [6.45, 7) is 4.90. The number of carbonyl (C=O) groups excluding carboxylic acids is 1. The van der Waals surface area contributed by atoms with Crippen LogP contribution in [-0.4, -0.2) is 32.8 Å². The summed E-state index contributed by atoms with van der Waals surface area (Å²) in [5.41, 5.74) is 2.96. The molecule has 0 spiro atoms. The van der Waals surface area contributed by atoms with Gasteiger partial charge < -0.3 is 14.8 Å². The van der Waals surface area contributed by atoms with E-state index in [1.54, 1.807) is 7.11 Å². The predicted molar refractivity (Wildman–Crippen MR) is 74.9 cm³/mol. The highest BCUT2D eigenvalue weighted by Gasteiger charge is 2.09. The molecule has 1 amide bonds. The van der Waals surface area contributed by atoms with Crippen molar-refractivity contribution in [2.75, 3.05) is 32.2 Å². The molecule has 18 heavy (non-hydrogen) atoms. The van der Waals surface area contributed by atoms with Gasteiger partial charge in [-0.2, -0.15) is 0 Å². The van der Waals surface area contributed by atoms with Gasteiger partial charge in [-0.3, -0.25) is 4.79 Å². The van der Waals surface area contributed by atoms with E-state index in [1.807, 2.05) is 26.0 Å². The van der Waals surface area contributed by atoms with E-state index in [-0.39, 0.29) is 12.5 Å². The van der Waals surface area contributed by atoms with Crippen LogP contribution in [0.5, 0.6) is 0 Å². The number of aryl methyl sites for hydroxylation is 2. The third-order valence-electron chi connectivity index (χ3n) is 2.36. The highest BCUT2D eigenvalue weighted by Crippen LogP contribution is 2.27. The van der Waals surface area contributed by atoms with Crippen LogP contribution in [0.15, 0.2) is 16.6 Å². The summed E-state index contributed by atoms with van der Waals surface area (Å²) < 4.78 is 10.9. The highest BCUT2D eigenvalue weighted by molar-refractivity contribution is 9.10. The Morgan fingerprint density at radius 3 is 2.67 bits per heavy atom. The fourth-order valence-corrected chi connectivity index (χ4v) is 2.33. The number of carbonyl (C=O) groups is 1. The lowest BCUT2D eigenvalue weighted by molar-refractivity contribution is -0.121. The Morgan fingerprint density at radius 2 is 2.06 bits per heavy atom. The maximum atomic E-state index is 11.7. The summed E-state index contributed by atoms with van der Waals surface area (Å²) in [5.74, 6) is -0.168. The fourth-order valence-electron chi connectivity index (χ4n) is 1.56. The smallest absolute Gasteiger partial charge is 0.250 e. The molecule has 0 saturated heterocycles. The van der Waals surface area contributed by atoms with Crippen LogP contribution in [0.1, 0.15) is 11.1 Å². The Labute approximate surface area is 116 Å². The minimum atomic E-state index is -0.168. The third-order valence-corrected chi connectivity index (χ3v) is 2.99. The molecule has 4 nitrogen and oxygen atoms in total. The molecule has 1 rings (SSSR count). The second kappa shape index (κ2) is 7.51. The molecule has 0 aromatic heterocycles. The summed E-state index contributed by atoms with van der Waals surface area (Å²) in [4.78, 5) is 11.7. The van der Waals surface area contributed by atoms with Crippen molar-refractivity contribution in [1.82, 2.24) is 0 Å². The van der Waals surface area contributed by atoms with Crippen molar-refractivity contribution in [2.24, 2.45) is 0 Å². The van der Waals surface area contributed by atoms with Crippen LogP contribution in [0, 0.1) is 13.8 Å². The second-order valence-electron chi connectivity index (χ2n) is 4.03. The van der Waals surface area contributed by atoms with Crippen LogP contribution >= 0.6 is 15.9 Å². The maximum Gasteiger partial charge on any atom is 0.250 e. The van der Waals surface area contributed by atoms with Crippen LogP contribution < -0.4 is 5.32 Å². The van der Waals surface area contributed by atoms with E-state index in [1.165, 1.54) is 0 Å². The molecule has 1 N–H and O–H groups in total. The van der Waals surface area contributed by atoms with E-state index >= 15 is 0 Å². The molecule has 1 aromatic carbocycles. The monoisotopic (exact) mass is 315 g/mol. The topological polar surface area (TPSA) is 47.6 Å². The zero-order valence-electron chi connectivity index (χ0n) is 10.9. The molecule has 0 aliphatic heterocycles. The van der Waals surface area contributed by atoms with Crippen LogP contribution in [-0.2, 0) is 14.3 Å². The largest absolute Gasteiger partial charge is 0.382 e. The molecule has 0 aliphatic carbocycles. The van der Waals surface area contributed by atoms with Crippen molar-refractivity contribution in [3.63, 3.8) is 0 Å². The molecule has 100 valence electrons. The number of hydrogen-bond acceptors (Lipinski definition) is 3. The van der Waals surface area contributed by atoms with Gasteiger partial charge in [0.15, 0.2) is 0 Å². The van der Waals surface area contributed by atoms with Crippen molar-refractivity contribution in [2.45, 2.75) is 13.8 Å². The average Bonchev–Trinajstić information content (AvgIpc) is 2.29. The van der Waals surface area contributed by atoms with E-state index < -0.39 is 0 Å². The summed E-state index contributed by atoms with van der Waals surface area (Å²) in [7, 11) is 1.59. The van der Waals surface area contributed by atoms with Crippen molar-refractivity contribution in [1.29, 1.82) is 0 Å². The zero-order valence-corrected chi connectivity index (χ0v) is 12.5. The van der Waals surface area contributed by atoms with E-state index in [0.29, 0.717) is 13.2 Å². The van der Waals surface area contributed by atoms with Gasteiger partial charge in [-0.15, -0.1) is 0 Å². The molecule has 0 bridgehead atoms. The Balaban J connectivity index is 2.54. The minimum Gasteiger partial charge on any atom is -0.382 e. The Bertz CT molecular complexity index is 398. The minimum absolute atomic E-state index is 0.0309. The Kier molecular flexibility index (Phi) is 6.32. The van der Waals surface area contributed by atoms with Gasteiger partial charge in [-0.1, -0.05) is 6.07 Å². The van der Waals surface area contributed by atoms with Crippen molar-refractivity contribution in [3.8, 4) is 0 Å². The molecular formula is C13H18BrNO3. The van der Waals surface area contributed by atoms with E-state index in [9.17, 15) is 4.79 Å². The van der Waals surface area contributed by atoms with Gasteiger partial charge in [0.2, 0.25) is 5.91 Å². The summed E-state index contributed by atoms with van der Waals surface area (Å²) >= 11 is 3.44. The van der Waals surface area contributed by atoms with Crippen LogP contribution in [0.3, 0.4) is 0 Å². The standard InChI is InChI=1S/C13H18BrNO3/c1-9-6-10(2)13(11(14)7-9)15-12(16)8-18-5-4-17-3/h6-7H,4-5,8H2,1-3H3,(H,15,16). The van der Waals surface area contributed by atoms with E-state index in [0.717, 1.165) is 21.3 Å². The second-order valence-corrected chi connectivity index (χ2v) is 4.89. The molecule has 0 aliphatic rings. The van der Waals surface area contributed by atoms with Gasteiger partial charge in [-0.25, -0.2) is 0 Å². The normalized spacial score (nSPS) is 10.4. The quantitative estimate of drug-likeness (QED) is 0.821. The van der Waals surface area contributed by atoms with Crippen molar-refractivity contribution < 1.29 is 14.3 Å². The first-order valence-corrected chi connectivity index (χ1v) is 6.47. The molecule has 0 saturated carbocycles. The van der Waals surface area contributed by atoms with Gasteiger partial charge in [0.25, 0.3) is 0 Å². The summed E-state index contributed by atoms with van der Waals surface area (Å²) in [5, 5.41) is 2.83. The number of nitrogens with one attached hydrogen (secondary N) is 1. The van der Waals surface area contributed by atoms with E-state index in [2.05, 4.69) is 21.2 Å². The van der Waals surface area contributed by atoms with E-state index in [4.69, 9.17) is 9.47 Å². The highest BCUT2D eigenvalue weighted by atomic mass is 79.9. The molecule has 1 aromatic rings. The first kappa shape index (κ1) is 15.1. The molecule has 0 heterocycles. The summed E-state index contributed by atoms with van der Waals surface area (Å²) in [6, 6.07) is 3.99. The number of hydrogen-bond donors (Lipinski definition) is 1. The molecule has 5 heteroatoms. The van der Waals surface area contributed by atoms with Crippen LogP contribution in [0.25, 0.3) is 0 Å². The van der Waals surface area contributed by atoms with Gasteiger partial charge >= 0.3 is 0 Å². The van der Waals surface area contributed by atoms with Gasteiger partial charge in [-0.05, 0) is 47.0 Å². The van der Waals surface area contributed by atoms with Crippen molar-refractivity contribution in [3.05, 3.63) is 27.7 Å². The molecule has 0 fully saturated rings. The molecule has 0 radical (unpaired) electrons. The number of benzene rings is 1. The zero-order chi connectivity index (χ0) is 13.5. The van der Waals surface area contributed by atoms with Crippen LogP contribution in [0.4, 0.5) is 5.69 Å². The molecule has 0 unspecified atom stereocenters. The van der Waals surface area contributed by atoms with Crippen LogP contribution in [0.2, 0.25) is 0 Å². The average molecular weight is 316 g/mol. The van der Waals surface area contributed by atoms with Crippen molar-refractivity contribution >= 4 is 27.5 Å². The SMILES string of the molecule is COCCOCC(=O)Nc1c(C)cc(C)cc1Br. The van der Waals surface area contributed by atoms with Gasteiger partial charge in [0.1, 0.15) is 6.61 Å². The molecular weight excluding hydrogens is 298 g/mol. The first-order chi connectivity index (χ1) is 8.54. The Hall–Kier alpha value is -0.910. The molecule has 0 atom stereocenters. The third kappa shape index (κ3) is 4.76. The first-order valence-electron chi connectivity index (χ1n) is 5.68. The fraction of sp³-hybridized carbons (Fsp3) is 0.462. The number of rotatable bonds is 6. The number of ether oxygens (including phenoxy) is 2. The number of anilines is 1. The lowest BCUT2D eigenvalue weighted by Crippen LogP contribution is -2.20. The predicted octanol–water partition coefficient (Wildman–Crippen LogP) is 2.67. The number of amides is 1. The lowest BCUT2D eigenvalue weighted by atomic mass is 10.1. The number of methoxy groups -OCH3 is 1. The van der Waals surface area contributed by atoms with Gasteiger partial charge in [0.05, 0.1) is 18.9 Å². The number of halogens is 1. The summed E-state index contributed by atoms with van der Waals surface area (Å²) in [6.07, 6.45) is 0. The maximum absolute atomic E-state index is 11.7. The van der Waals surface area contributed by atoms with Gasteiger partial charge in [0, 0.05) is 11.6 Å².